The van der Waals surface area contributed by atoms with Gasteiger partial charge < -0.3 is 5.32 Å². The molecule has 2 amide bonds. The van der Waals surface area contributed by atoms with Gasteiger partial charge in [-0.2, -0.15) is 0 Å². The van der Waals surface area contributed by atoms with Crippen LogP contribution in [0, 0.1) is 12.8 Å². The standard InChI is InChI=1S/C22H20ClN3O2S/c1-13-5-6-14(10-19(13)23)9-18-12-24-22(29-18)26-21(28)16-3-2-4-17(11-16)25-20(27)15-7-8-15/h2-6,10-12,15H,7-9H2,1H3,(H,25,27)(H,24,26,28). The van der Waals surface area contributed by atoms with E-state index >= 15 is 0 Å². The van der Waals surface area contributed by atoms with Gasteiger partial charge in [0.25, 0.3) is 5.91 Å². The molecule has 1 aliphatic rings. The summed E-state index contributed by atoms with van der Waals surface area (Å²) in [6, 6.07) is 12.9. The van der Waals surface area contributed by atoms with E-state index in [0.29, 0.717) is 22.8 Å². The fourth-order valence-corrected chi connectivity index (χ4v) is 3.94. The zero-order valence-electron chi connectivity index (χ0n) is 15.9. The number of hydrogen-bond donors (Lipinski definition) is 2. The highest BCUT2D eigenvalue weighted by Gasteiger charge is 2.29. The molecule has 29 heavy (non-hydrogen) atoms. The second-order valence-corrected chi connectivity index (χ2v) is 8.71. The number of amides is 2. The van der Waals surface area contributed by atoms with Crippen LogP contribution >= 0.6 is 22.9 Å². The van der Waals surface area contributed by atoms with Crippen molar-refractivity contribution in [3.05, 3.63) is 75.3 Å². The van der Waals surface area contributed by atoms with E-state index in [0.717, 1.165) is 33.9 Å². The van der Waals surface area contributed by atoms with Crippen LogP contribution in [0.5, 0.6) is 0 Å². The van der Waals surface area contributed by atoms with Crippen molar-refractivity contribution in [1.82, 2.24) is 4.98 Å². The molecule has 1 heterocycles. The van der Waals surface area contributed by atoms with Crippen molar-refractivity contribution < 1.29 is 9.59 Å². The third kappa shape index (κ3) is 5.02. The van der Waals surface area contributed by atoms with E-state index < -0.39 is 0 Å². The fourth-order valence-electron chi connectivity index (χ4n) is 2.89. The van der Waals surface area contributed by atoms with Crippen LogP contribution < -0.4 is 10.6 Å². The molecule has 0 unspecified atom stereocenters. The second kappa shape index (κ2) is 8.35. The van der Waals surface area contributed by atoms with Crippen LogP contribution in [0.2, 0.25) is 5.02 Å². The molecule has 5 nitrogen and oxygen atoms in total. The quantitative estimate of drug-likeness (QED) is 0.563. The summed E-state index contributed by atoms with van der Waals surface area (Å²) in [4.78, 5) is 29.8. The first-order chi connectivity index (χ1) is 14.0. The van der Waals surface area contributed by atoms with Crippen molar-refractivity contribution in [1.29, 1.82) is 0 Å². The number of carbonyl (C=O) groups excluding carboxylic acids is 2. The van der Waals surface area contributed by atoms with Gasteiger partial charge in [0.15, 0.2) is 5.13 Å². The van der Waals surface area contributed by atoms with E-state index in [2.05, 4.69) is 15.6 Å². The van der Waals surface area contributed by atoms with E-state index in [1.165, 1.54) is 11.3 Å². The number of nitrogens with zero attached hydrogens (tertiary/aromatic N) is 1. The molecule has 1 saturated carbocycles. The monoisotopic (exact) mass is 425 g/mol. The summed E-state index contributed by atoms with van der Waals surface area (Å²) >= 11 is 7.62. The van der Waals surface area contributed by atoms with E-state index in [9.17, 15) is 9.59 Å². The van der Waals surface area contributed by atoms with Crippen LogP contribution in [0.4, 0.5) is 10.8 Å². The summed E-state index contributed by atoms with van der Waals surface area (Å²) < 4.78 is 0. The van der Waals surface area contributed by atoms with Crippen LogP contribution in [0.25, 0.3) is 0 Å². The van der Waals surface area contributed by atoms with E-state index in [4.69, 9.17) is 11.6 Å². The topological polar surface area (TPSA) is 71.1 Å². The van der Waals surface area contributed by atoms with Gasteiger partial charge in [-0.15, -0.1) is 11.3 Å². The molecule has 0 radical (unpaired) electrons. The summed E-state index contributed by atoms with van der Waals surface area (Å²) in [7, 11) is 0. The summed E-state index contributed by atoms with van der Waals surface area (Å²) in [6.45, 7) is 1.97. The van der Waals surface area contributed by atoms with Crippen LogP contribution in [0.1, 0.15) is 39.2 Å². The molecule has 1 aromatic heterocycles. The number of anilines is 2. The smallest absolute Gasteiger partial charge is 0.257 e. The molecule has 0 spiro atoms. The first kappa shape index (κ1) is 19.6. The van der Waals surface area contributed by atoms with Crippen LogP contribution in [0.15, 0.2) is 48.7 Å². The highest BCUT2D eigenvalue weighted by Crippen LogP contribution is 2.30. The minimum absolute atomic E-state index is 0.0170. The zero-order valence-corrected chi connectivity index (χ0v) is 17.4. The Hall–Kier alpha value is -2.70. The molecule has 4 rings (SSSR count). The number of thiazole rings is 1. The maximum atomic E-state index is 12.6. The molecular formula is C22H20ClN3O2S. The first-order valence-corrected chi connectivity index (χ1v) is 10.6. The van der Waals surface area contributed by atoms with Crippen molar-refractivity contribution >= 4 is 45.6 Å². The van der Waals surface area contributed by atoms with Crippen molar-refractivity contribution in [3.8, 4) is 0 Å². The molecule has 0 bridgehead atoms. The normalized spacial score (nSPS) is 13.2. The molecule has 3 aromatic rings. The van der Waals surface area contributed by atoms with Crippen LogP contribution in [-0.2, 0) is 11.2 Å². The van der Waals surface area contributed by atoms with Gasteiger partial charge >= 0.3 is 0 Å². The van der Waals surface area contributed by atoms with E-state index in [-0.39, 0.29) is 17.7 Å². The summed E-state index contributed by atoms with van der Waals surface area (Å²) in [5.41, 5.74) is 3.25. The lowest BCUT2D eigenvalue weighted by Crippen LogP contribution is -2.15. The van der Waals surface area contributed by atoms with Gasteiger partial charge in [-0.3, -0.25) is 14.9 Å². The Bertz CT molecular complexity index is 1080. The van der Waals surface area contributed by atoms with Gasteiger partial charge in [0.1, 0.15) is 0 Å². The Balaban J connectivity index is 1.39. The largest absolute Gasteiger partial charge is 0.326 e. The van der Waals surface area contributed by atoms with Gasteiger partial charge in [-0.1, -0.05) is 29.8 Å². The van der Waals surface area contributed by atoms with E-state index in [1.807, 2.05) is 25.1 Å². The highest BCUT2D eigenvalue weighted by molar-refractivity contribution is 7.15. The highest BCUT2D eigenvalue weighted by atomic mass is 35.5. The third-order valence-electron chi connectivity index (χ3n) is 4.73. The lowest BCUT2D eigenvalue weighted by atomic mass is 10.1. The molecule has 7 heteroatoms. The van der Waals surface area contributed by atoms with Gasteiger partial charge in [-0.25, -0.2) is 4.98 Å². The number of aryl methyl sites for hydroxylation is 1. The average Bonchev–Trinajstić information content (AvgIpc) is 3.47. The number of aromatic nitrogens is 1. The van der Waals surface area contributed by atoms with E-state index in [1.54, 1.807) is 30.5 Å². The van der Waals surface area contributed by atoms with Crippen molar-refractivity contribution in [3.63, 3.8) is 0 Å². The molecule has 2 aromatic carbocycles. The lowest BCUT2D eigenvalue weighted by Gasteiger charge is -2.07. The Morgan fingerprint density at radius 2 is 2.00 bits per heavy atom. The Morgan fingerprint density at radius 3 is 2.76 bits per heavy atom. The van der Waals surface area contributed by atoms with Gasteiger partial charge in [-0.05, 0) is 55.2 Å². The summed E-state index contributed by atoms with van der Waals surface area (Å²) in [5, 5.41) is 6.97. The number of carbonyl (C=O) groups is 2. The molecule has 0 atom stereocenters. The van der Waals surface area contributed by atoms with Crippen LogP contribution in [0.3, 0.4) is 0 Å². The average molecular weight is 426 g/mol. The van der Waals surface area contributed by atoms with Gasteiger partial charge in [0, 0.05) is 39.7 Å². The predicted molar refractivity (Wildman–Crippen MR) is 117 cm³/mol. The number of nitrogens with one attached hydrogen (secondary N) is 2. The number of hydrogen-bond acceptors (Lipinski definition) is 4. The van der Waals surface area contributed by atoms with Crippen molar-refractivity contribution in [2.75, 3.05) is 10.6 Å². The molecule has 0 saturated heterocycles. The molecular weight excluding hydrogens is 406 g/mol. The van der Waals surface area contributed by atoms with Crippen molar-refractivity contribution in [2.24, 2.45) is 5.92 Å². The van der Waals surface area contributed by atoms with Gasteiger partial charge in [0.2, 0.25) is 5.91 Å². The minimum atomic E-state index is -0.258. The first-order valence-electron chi connectivity index (χ1n) is 9.40. The maximum Gasteiger partial charge on any atom is 0.257 e. The maximum absolute atomic E-state index is 12.6. The number of rotatable bonds is 6. The number of benzene rings is 2. The molecule has 0 aliphatic heterocycles. The summed E-state index contributed by atoms with van der Waals surface area (Å²) in [6.07, 6.45) is 4.34. The Kier molecular flexibility index (Phi) is 5.65. The molecule has 2 N–H and O–H groups in total. The summed E-state index contributed by atoms with van der Waals surface area (Å²) in [5.74, 6) is -0.125. The minimum Gasteiger partial charge on any atom is -0.326 e. The SMILES string of the molecule is Cc1ccc(Cc2cnc(NC(=O)c3cccc(NC(=O)C4CC4)c3)s2)cc1Cl. The number of halogens is 1. The van der Waals surface area contributed by atoms with Gasteiger partial charge in [0.05, 0.1) is 0 Å². The van der Waals surface area contributed by atoms with Crippen LogP contribution in [-0.4, -0.2) is 16.8 Å². The Labute approximate surface area is 178 Å². The Morgan fingerprint density at radius 1 is 1.17 bits per heavy atom. The second-order valence-electron chi connectivity index (χ2n) is 7.19. The lowest BCUT2D eigenvalue weighted by molar-refractivity contribution is -0.117. The van der Waals surface area contributed by atoms with Crippen molar-refractivity contribution in [2.45, 2.75) is 26.2 Å². The third-order valence-corrected chi connectivity index (χ3v) is 6.05. The fraction of sp³-hybridized carbons (Fsp3) is 0.227. The molecule has 1 aliphatic carbocycles. The molecule has 148 valence electrons. The predicted octanol–water partition coefficient (Wildman–Crippen LogP) is 5.30. The molecule has 1 fully saturated rings. The zero-order chi connectivity index (χ0) is 20.4.